The second kappa shape index (κ2) is 8.57. The fourth-order valence-corrected chi connectivity index (χ4v) is 4.34. The summed E-state index contributed by atoms with van der Waals surface area (Å²) in [7, 11) is 0. The first-order valence-corrected chi connectivity index (χ1v) is 10.1. The van der Waals surface area contributed by atoms with Crippen LogP contribution < -0.4 is 10.6 Å². The van der Waals surface area contributed by atoms with Gasteiger partial charge in [0.25, 0.3) is 0 Å². The lowest BCUT2D eigenvalue weighted by atomic mass is 9.78. The van der Waals surface area contributed by atoms with Crippen molar-refractivity contribution in [1.29, 1.82) is 0 Å². The van der Waals surface area contributed by atoms with Crippen LogP contribution >= 0.6 is 0 Å². The molecule has 1 fully saturated rings. The van der Waals surface area contributed by atoms with Crippen molar-refractivity contribution < 1.29 is 24.2 Å². The van der Waals surface area contributed by atoms with Crippen LogP contribution in [0.2, 0.25) is 0 Å². The van der Waals surface area contributed by atoms with Gasteiger partial charge in [-0.05, 0) is 41.0 Å². The average Bonchev–Trinajstić information content (AvgIpc) is 3.03. The Hall–Kier alpha value is -3.35. The lowest BCUT2D eigenvalue weighted by molar-refractivity contribution is -0.138. The van der Waals surface area contributed by atoms with Crippen molar-refractivity contribution >= 4 is 18.0 Å². The molecule has 0 unspecified atom stereocenters. The van der Waals surface area contributed by atoms with E-state index in [0.29, 0.717) is 12.8 Å². The van der Waals surface area contributed by atoms with E-state index in [2.05, 4.69) is 34.9 Å². The van der Waals surface area contributed by atoms with Gasteiger partial charge < -0.3 is 20.5 Å². The number of benzene rings is 2. The van der Waals surface area contributed by atoms with Crippen molar-refractivity contribution in [3.05, 3.63) is 59.7 Å². The fourth-order valence-electron chi connectivity index (χ4n) is 4.34. The Balaban J connectivity index is 1.24. The van der Waals surface area contributed by atoms with Crippen LogP contribution in [-0.2, 0) is 14.3 Å². The minimum absolute atomic E-state index is 0.0158. The van der Waals surface area contributed by atoms with Gasteiger partial charge in [-0.15, -0.1) is 0 Å². The second-order valence-corrected chi connectivity index (χ2v) is 7.88. The van der Waals surface area contributed by atoms with E-state index in [1.807, 2.05) is 24.3 Å². The number of amides is 2. The number of hydrogen-bond donors (Lipinski definition) is 3. The molecule has 30 heavy (non-hydrogen) atoms. The molecule has 2 aromatic rings. The number of fused-ring (bicyclic) bond motifs is 3. The molecule has 7 nitrogen and oxygen atoms in total. The van der Waals surface area contributed by atoms with Gasteiger partial charge in [0.2, 0.25) is 5.91 Å². The van der Waals surface area contributed by atoms with Crippen LogP contribution in [0.3, 0.4) is 0 Å². The molecule has 2 aliphatic carbocycles. The number of carbonyl (C=O) groups is 3. The van der Waals surface area contributed by atoms with Crippen LogP contribution in [0.4, 0.5) is 4.79 Å². The summed E-state index contributed by atoms with van der Waals surface area (Å²) >= 11 is 0. The molecule has 0 aromatic heterocycles. The monoisotopic (exact) mass is 408 g/mol. The Labute approximate surface area is 174 Å². The second-order valence-electron chi connectivity index (χ2n) is 7.88. The number of hydrogen-bond acceptors (Lipinski definition) is 4. The lowest BCUT2D eigenvalue weighted by Crippen LogP contribution is -2.46. The summed E-state index contributed by atoms with van der Waals surface area (Å²) in [6.45, 7) is -0.0966. The van der Waals surface area contributed by atoms with Gasteiger partial charge in [-0.2, -0.15) is 0 Å². The molecule has 0 spiro atoms. The number of rotatable bonds is 7. The number of nitrogens with one attached hydrogen (secondary N) is 2. The van der Waals surface area contributed by atoms with E-state index in [4.69, 9.17) is 9.84 Å². The predicted molar refractivity (Wildman–Crippen MR) is 110 cm³/mol. The standard InChI is InChI=1S/C23H24N2O5/c26-21(24-12-22(27)28)11-14-9-15(10-14)25-23(29)30-13-20-18-7-3-1-5-16(18)17-6-2-4-8-19(17)20/h1-8,14-15,20H,9-13H2,(H,24,26)(H,25,29)(H,27,28). The van der Waals surface area contributed by atoms with E-state index in [1.54, 1.807) is 0 Å². The van der Waals surface area contributed by atoms with Gasteiger partial charge in [0, 0.05) is 18.4 Å². The van der Waals surface area contributed by atoms with Crippen molar-refractivity contribution in [1.82, 2.24) is 10.6 Å². The van der Waals surface area contributed by atoms with Gasteiger partial charge in [0.05, 0.1) is 0 Å². The van der Waals surface area contributed by atoms with Gasteiger partial charge >= 0.3 is 12.1 Å². The average molecular weight is 408 g/mol. The highest BCUT2D eigenvalue weighted by molar-refractivity contribution is 5.81. The zero-order valence-corrected chi connectivity index (χ0v) is 16.5. The van der Waals surface area contributed by atoms with E-state index in [-0.39, 0.29) is 43.4 Å². The molecule has 0 atom stereocenters. The van der Waals surface area contributed by atoms with E-state index in [1.165, 1.54) is 22.3 Å². The van der Waals surface area contributed by atoms with Crippen LogP contribution in [0.1, 0.15) is 36.3 Å². The molecule has 2 aromatic carbocycles. The number of carbonyl (C=O) groups excluding carboxylic acids is 2. The minimum atomic E-state index is -1.06. The highest BCUT2D eigenvalue weighted by Gasteiger charge is 2.33. The first-order chi connectivity index (χ1) is 14.5. The van der Waals surface area contributed by atoms with E-state index < -0.39 is 12.1 Å². The zero-order valence-electron chi connectivity index (χ0n) is 16.5. The van der Waals surface area contributed by atoms with Gasteiger partial charge in [-0.1, -0.05) is 48.5 Å². The molecule has 0 aliphatic heterocycles. The largest absolute Gasteiger partial charge is 0.480 e. The molecule has 0 saturated heterocycles. The van der Waals surface area contributed by atoms with Crippen LogP contribution in [0.15, 0.2) is 48.5 Å². The number of aliphatic carboxylic acids is 1. The molecule has 0 bridgehead atoms. The Morgan fingerprint density at radius 1 is 0.967 bits per heavy atom. The number of carboxylic acid groups (broad SMARTS) is 1. The van der Waals surface area contributed by atoms with Crippen LogP contribution in [0, 0.1) is 5.92 Å². The molecule has 3 N–H and O–H groups in total. The zero-order chi connectivity index (χ0) is 21.1. The molecule has 1 saturated carbocycles. The Morgan fingerprint density at radius 2 is 1.57 bits per heavy atom. The third kappa shape index (κ3) is 4.30. The molecular weight excluding hydrogens is 384 g/mol. The summed E-state index contributed by atoms with van der Waals surface area (Å²) in [5, 5.41) is 13.8. The van der Waals surface area contributed by atoms with Gasteiger partial charge in [0.15, 0.2) is 0 Å². The Morgan fingerprint density at radius 3 is 2.17 bits per heavy atom. The molecule has 0 radical (unpaired) electrons. The molecule has 2 aliphatic rings. The summed E-state index contributed by atoms with van der Waals surface area (Å²) in [4.78, 5) is 34.4. The highest BCUT2D eigenvalue weighted by Crippen LogP contribution is 2.44. The summed E-state index contributed by atoms with van der Waals surface area (Å²) < 4.78 is 5.53. The van der Waals surface area contributed by atoms with Crippen molar-refractivity contribution in [3.63, 3.8) is 0 Å². The molecule has 0 heterocycles. The quantitative estimate of drug-likeness (QED) is 0.653. The van der Waals surface area contributed by atoms with Crippen LogP contribution in [0.5, 0.6) is 0 Å². The molecule has 156 valence electrons. The maximum atomic E-state index is 12.3. The van der Waals surface area contributed by atoms with Crippen molar-refractivity contribution in [2.75, 3.05) is 13.2 Å². The summed E-state index contributed by atoms with van der Waals surface area (Å²) in [6, 6.07) is 16.3. The lowest BCUT2D eigenvalue weighted by Gasteiger charge is -2.35. The first kappa shape index (κ1) is 19.9. The highest BCUT2D eigenvalue weighted by atomic mass is 16.5. The van der Waals surface area contributed by atoms with Crippen molar-refractivity contribution in [3.8, 4) is 11.1 Å². The fraction of sp³-hybridized carbons (Fsp3) is 0.348. The van der Waals surface area contributed by atoms with Crippen LogP contribution in [-0.4, -0.2) is 42.3 Å². The number of ether oxygens (including phenoxy) is 1. The van der Waals surface area contributed by atoms with E-state index >= 15 is 0 Å². The molecule has 4 rings (SSSR count). The summed E-state index contributed by atoms with van der Waals surface area (Å²) in [6.07, 6.45) is 1.20. The predicted octanol–water partition coefficient (Wildman–Crippen LogP) is 2.89. The molecule has 2 amide bonds. The maximum Gasteiger partial charge on any atom is 0.407 e. The first-order valence-electron chi connectivity index (χ1n) is 10.1. The van der Waals surface area contributed by atoms with Crippen molar-refractivity contribution in [2.45, 2.75) is 31.2 Å². The third-order valence-electron chi connectivity index (χ3n) is 5.81. The number of carboxylic acids is 1. The Bertz CT molecular complexity index is 922. The summed E-state index contributed by atoms with van der Waals surface area (Å²) in [5.41, 5.74) is 4.71. The molecule has 7 heteroatoms. The maximum absolute atomic E-state index is 12.3. The minimum Gasteiger partial charge on any atom is -0.480 e. The topological polar surface area (TPSA) is 105 Å². The van der Waals surface area contributed by atoms with Gasteiger partial charge in [0.1, 0.15) is 13.2 Å². The third-order valence-corrected chi connectivity index (χ3v) is 5.81. The van der Waals surface area contributed by atoms with Crippen LogP contribution in [0.25, 0.3) is 11.1 Å². The Kier molecular flexibility index (Phi) is 5.70. The number of alkyl carbamates (subject to hydrolysis) is 1. The normalized spacial score (nSPS) is 19.2. The summed E-state index contributed by atoms with van der Waals surface area (Å²) in [5.74, 6) is -1.17. The van der Waals surface area contributed by atoms with Gasteiger partial charge in [-0.3, -0.25) is 9.59 Å². The van der Waals surface area contributed by atoms with E-state index in [9.17, 15) is 14.4 Å². The SMILES string of the molecule is O=C(O)CNC(=O)CC1CC(NC(=O)OCC2c3ccccc3-c3ccccc32)C1. The van der Waals surface area contributed by atoms with Gasteiger partial charge in [-0.25, -0.2) is 4.79 Å². The molecular formula is C23H24N2O5. The van der Waals surface area contributed by atoms with E-state index in [0.717, 1.165) is 0 Å². The van der Waals surface area contributed by atoms with Crippen molar-refractivity contribution in [2.24, 2.45) is 5.92 Å². The smallest absolute Gasteiger partial charge is 0.407 e.